The fourth-order valence-corrected chi connectivity index (χ4v) is 2.45. The monoisotopic (exact) mass is 252 g/mol. The molecule has 5 heteroatoms. The second kappa shape index (κ2) is 5.80. The Hall–Kier alpha value is -1.38. The maximum absolute atomic E-state index is 11.6. The fourth-order valence-electron chi connectivity index (χ4n) is 1.46. The third kappa shape index (κ3) is 4.17. The van der Waals surface area contributed by atoms with E-state index in [1.807, 2.05) is 30.3 Å². The van der Waals surface area contributed by atoms with Crippen molar-refractivity contribution >= 4 is 10.0 Å². The van der Waals surface area contributed by atoms with Crippen LogP contribution in [0.1, 0.15) is 19.4 Å². The van der Waals surface area contributed by atoms with Gasteiger partial charge in [0.25, 0.3) is 0 Å². The highest BCUT2D eigenvalue weighted by molar-refractivity contribution is 7.90. The quantitative estimate of drug-likeness (QED) is 0.862. The van der Waals surface area contributed by atoms with E-state index in [0.29, 0.717) is 6.42 Å². The molecule has 2 atom stereocenters. The van der Waals surface area contributed by atoms with E-state index in [1.165, 1.54) is 6.92 Å². The molecule has 0 spiro atoms. The van der Waals surface area contributed by atoms with Gasteiger partial charge in [-0.05, 0) is 25.8 Å². The van der Waals surface area contributed by atoms with Crippen molar-refractivity contribution in [3.8, 4) is 6.07 Å². The molecule has 0 bridgehead atoms. The Labute approximate surface area is 102 Å². The zero-order chi connectivity index (χ0) is 12.9. The van der Waals surface area contributed by atoms with Crippen LogP contribution in [0.15, 0.2) is 30.3 Å². The lowest BCUT2D eigenvalue weighted by Gasteiger charge is -2.15. The Morgan fingerprint density at radius 3 is 2.41 bits per heavy atom. The second-order valence-electron chi connectivity index (χ2n) is 4.02. The van der Waals surface area contributed by atoms with Crippen LogP contribution in [0.25, 0.3) is 0 Å². The fraction of sp³-hybridized carbons (Fsp3) is 0.417. The maximum Gasteiger partial charge on any atom is 0.227 e. The molecule has 1 N–H and O–H groups in total. The normalized spacial score (nSPS) is 14.9. The number of hydrogen-bond acceptors (Lipinski definition) is 3. The molecule has 0 aliphatic carbocycles. The minimum atomic E-state index is -3.54. The smallest absolute Gasteiger partial charge is 0.211 e. The summed E-state index contributed by atoms with van der Waals surface area (Å²) in [6.45, 7) is 3.16. The highest BCUT2D eigenvalue weighted by atomic mass is 32.2. The van der Waals surface area contributed by atoms with Crippen LogP contribution in [0.3, 0.4) is 0 Å². The standard InChI is InChI=1S/C12H16N2O2S/c1-10(8-12-6-4-3-5-7-12)14-17(15,16)11(2)9-13/h3-7,10-11,14H,8H2,1-2H3. The van der Waals surface area contributed by atoms with Crippen molar-refractivity contribution in [3.63, 3.8) is 0 Å². The van der Waals surface area contributed by atoms with E-state index in [2.05, 4.69) is 4.72 Å². The van der Waals surface area contributed by atoms with Gasteiger partial charge < -0.3 is 0 Å². The van der Waals surface area contributed by atoms with Gasteiger partial charge in [-0.3, -0.25) is 0 Å². The Kier molecular flexibility index (Phi) is 4.67. The molecule has 1 aromatic rings. The molecule has 92 valence electrons. The SMILES string of the molecule is CC(Cc1ccccc1)NS(=O)(=O)C(C)C#N. The summed E-state index contributed by atoms with van der Waals surface area (Å²) in [5.41, 5.74) is 1.06. The predicted molar refractivity (Wildman–Crippen MR) is 66.7 cm³/mol. The molecule has 0 aliphatic heterocycles. The Morgan fingerprint density at radius 1 is 1.29 bits per heavy atom. The summed E-state index contributed by atoms with van der Waals surface area (Å²) < 4.78 is 25.8. The number of nitrogens with one attached hydrogen (secondary N) is 1. The minimum Gasteiger partial charge on any atom is -0.211 e. The van der Waals surface area contributed by atoms with E-state index >= 15 is 0 Å². The molecule has 0 saturated carbocycles. The van der Waals surface area contributed by atoms with Crippen LogP contribution >= 0.6 is 0 Å². The molecule has 0 aliphatic rings. The van der Waals surface area contributed by atoms with Crippen molar-refractivity contribution in [3.05, 3.63) is 35.9 Å². The van der Waals surface area contributed by atoms with E-state index in [1.54, 1.807) is 13.0 Å². The molecule has 2 unspecified atom stereocenters. The molecule has 0 aromatic heterocycles. The Bertz CT molecular complexity index is 491. The molecule has 0 radical (unpaired) electrons. The first kappa shape index (κ1) is 13.7. The summed E-state index contributed by atoms with van der Waals surface area (Å²) in [7, 11) is -3.54. The van der Waals surface area contributed by atoms with Crippen LogP contribution in [0.4, 0.5) is 0 Å². The first-order valence-corrected chi connectivity index (χ1v) is 6.95. The first-order chi connectivity index (χ1) is 7.95. The maximum atomic E-state index is 11.6. The van der Waals surface area contributed by atoms with E-state index < -0.39 is 15.3 Å². The summed E-state index contributed by atoms with van der Waals surface area (Å²) in [6, 6.07) is 11.1. The molecule has 1 rings (SSSR count). The molecule has 0 fully saturated rings. The van der Waals surface area contributed by atoms with Crippen molar-refractivity contribution in [1.82, 2.24) is 4.72 Å². The molecule has 1 aromatic carbocycles. The average molecular weight is 252 g/mol. The van der Waals surface area contributed by atoms with Crippen molar-refractivity contribution in [2.45, 2.75) is 31.6 Å². The summed E-state index contributed by atoms with van der Waals surface area (Å²) in [5.74, 6) is 0. The lowest BCUT2D eigenvalue weighted by atomic mass is 10.1. The van der Waals surface area contributed by atoms with Crippen molar-refractivity contribution < 1.29 is 8.42 Å². The number of nitriles is 1. The van der Waals surface area contributed by atoms with Gasteiger partial charge in [0, 0.05) is 6.04 Å². The van der Waals surface area contributed by atoms with Gasteiger partial charge in [0.15, 0.2) is 5.25 Å². The van der Waals surface area contributed by atoms with Crippen molar-refractivity contribution in [1.29, 1.82) is 5.26 Å². The average Bonchev–Trinajstić information content (AvgIpc) is 2.28. The lowest BCUT2D eigenvalue weighted by Crippen LogP contribution is -2.39. The highest BCUT2D eigenvalue weighted by Crippen LogP contribution is 2.05. The van der Waals surface area contributed by atoms with Gasteiger partial charge in [-0.25, -0.2) is 13.1 Å². The minimum absolute atomic E-state index is 0.224. The molecule has 17 heavy (non-hydrogen) atoms. The van der Waals surface area contributed by atoms with E-state index in [9.17, 15) is 8.42 Å². The molecule has 0 saturated heterocycles. The van der Waals surface area contributed by atoms with E-state index in [4.69, 9.17) is 5.26 Å². The number of nitrogens with zero attached hydrogens (tertiary/aromatic N) is 1. The van der Waals surface area contributed by atoms with E-state index in [-0.39, 0.29) is 6.04 Å². The third-order valence-corrected chi connectivity index (χ3v) is 4.16. The van der Waals surface area contributed by atoms with Gasteiger partial charge in [-0.15, -0.1) is 0 Å². The molecular formula is C12H16N2O2S. The van der Waals surface area contributed by atoms with Crippen LogP contribution in [0.5, 0.6) is 0 Å². The predicted octanol–water partition coefficient (Wildman–Crippen LogP) is 1.45. The second-order valence-corrected chi connectivity index (χ2v) is 6.06. The summed E-state index contributed by atoms with van der Waals surface area (Å²) in [5, 5.41) is 7.58. The van der Waals surface area contributed by atoms with Gasteiger partial charge in [-0.1, -0.05) is 30.3 Å². The number of hydrogen-bond donors (Lipinski definition) is 1. The number of benzene rings is 1. The largest absolute Gasteiger partial charge is 0.227 e. The van der Waals surface area contributed by atoms with Crippen LogP contribution in [0, 0.1) is 11.3 Å². The molecule has 0 amide bonds. The van der Waals surface area contributed by atoms with E-state index in [0.717, 1.165) is 5.56 Å². The van der Waals surface area contributed by atoms with Crippen LogP contribution in [-0.4, -0.2) is 19.7 Å². The van der Waals surface area contributed by atoms with Gasteiger partial charge in [-0.2, -0.15) is 5.26 Å². The highest BCUT2D eigenvalue weighted by Gasteiger charge is 2.22. The molecular weight excluding hydrogens is 236 g/mol. The summed E-state index contributed by atoms with van der Waals surface area (Å²) >= 11 is 0. The first-order valence-electron chi connectivity index (χ1n) is 5.40. The van der Waals surface area contributed by atoms with Gasteiger partial charge in [0.05, 0.1) is 6.07 Å². The van der Waals surface area contributed by atoms with Crippen LogP contribution < -0.4 is 4.72 Å². The van der Waals surface area contributed by atoms with Gasteiger partial charge >= 0.3 is 0 Å². The lowest BCUT2D eigenvalue weighted by molar-refractivity contribution is 0.555. The Morgan fingerprint density at radius 2 is 1.88 bits per heavy atom. The third-order valence-electron chi connectivity index (χ3n) is 2.40. The summed E-state index contributed by atoms with van der Waals surface area (Å²) in [4.78, 5) is 0. The number of rotatable bonds is 5. The van der Waals surface area contributed by atoms with Crippen LogP contribution in [-0.2, 0) is 16.4 Å². The molecule has 4 nitrogen and oxygen atoms in total. The van der Waals surface area contributed by atoms with Crippen LogP contribution in [0.2, 0.25) is 0 Å². The zero-order valence-electron chi connectivity index (χ0n) is 9.92. The number of sulfonamides is 1. The summed E-state index contributed by atoms with van der Waals surface area (Å²) in [6.07, 6.45) is 0.609. The topological polar surface area (TPSA) is 70.0 Å². The van der Waals surface area contributed by atoms with Crippen molar-refractivity contribution in [2.24, 2.45) is 0 Å². The molecule has 0 heterocycles. The Balaban J connectivity index is 2.63. The van der Waals surface area contributed by atoms with Gasteiger partial charge in [0.2, 0.25) is 10.0 Å². The van der Waals surface area contributed by atoms with Crippen molar-refractivity contribution in [2.75, 3.05) is 0 Å². The zero-order valence-corrected chi connectivity index (χ0v) is 10.7. The van der Waals surface area contributed by atoms with Gasteiger partial charge in [0.1, 0.15) is 0 Å².